The fourth-order valence-electron chi connectivity index (χ4n) is 5.79. The van der Waals surface area contributed by atoms with Crippen molar-refractivity contribution < 1.29 is 9.53 Å². The maximum Gasteiger partial charge on any atom is 0.238 e. The molecule has 1 fully saturated rings. The van der Waals surface area contributed by atoms with Crippen LogP contribution >= 0.6 is 23.1 Å². The standard InChI is InChI=1S/C33H31NO2S2/c1-22-8-3-6-13-30(22)38-31-23(2)20-33(34-32(31)35,27-15-17-37-21-27)26-10-7-9-24(19-26)18-25-14-16-36-29-12-5-4-11-28(25)29/h3-13,15,17,19,21,25,31H,2,14,16,18,20H2,1H3,(H,34,35). The summed E-state index contributed by atoms with van der Waals surface area (Å²) < 4.78 is 5.90. The van der Waals surface area contributed by atoms with E-state index in [-0.39, 0.29) is 11.2 Å². The van der Waals surface area contributed by atoms with Crippen LogP contribution in [-0.2, 0) is 16.8 Å². The summed E-state index contributed by atoms with van der Waals surface area (Å²) >= 11 is 3.26. The average Bonchev–Trinajstić information content (AvgIpc) is 3.48. The number of hydrogen-bond donors (Lipinski definition) is 1. The van der Waals surface area contributed by atoms with E-state index in [4.69, 9.17) is 4.74 Å². The molecule has 1 N–H and O–H groups in total. The second kappa shape index (κ2) is 10.5. The molecule has 0 spiro atoms. The molecule has 6 rings (SSSR count). The van der Waals surface area contributed by atoms with Gasteiger partial charge in [0.15, 0.2) is 0 Å². The van der Waals surface area contributed by atoms with Gasteiger partial charge in [-0.2, -0.15) is 11.3 Å². The van der Waals surface area contributed by atoms with Gasteiger partial charge in [-0.25, -0.2) is 0 Å². The normalized spacial score (nSPS) is 22.9. The monoisotopic (exact) mass is 537 g/mol. The van der Waals surface area contributed by atoms with Crippen LogP contribution in [0.25, 0.3) is 0 Å². The van der Waals surface area contributed by atoms with Gasteiger partial charge in [-0.05, 0) is 82.5 Å². The summed E-state index contributed by atoms with van der Waals surface area (Å²) in [4.78, 5) is 14.9. The van der Waals surface area contributed by atoms with Crippen LogP contribution in [0.1, 0.15) is 46.6 Å². The number of amides is 1. The van der Waals surface area contributed by atoms with E-state index >= 15 is 0 Å². The van der Waals surface area contributed by atoms with Crippen LogP contribution in [0.3, 0.4) is 0 Å². The summed E-state index contributed by atoms with van der Waals surface area (Å²) in [5.74, 6) is 1.44. The van der Waals surface area contributed by atoms with Crippen molar-refractivity contribution in [2.45, 2.75) is 47.8 Å². The summed E-state index contributed by atoms with van der Waals surface area (Å²) in [5, 5.41) is 7.41. The fraction of sp³-hybridized carbons (Fsp3) is 0.242. The van der Waals surface area contributed by atoms with Crippen molar-refractivity contribution in [3.8, 4) is 5.75 Å². The number of benzene rings is 3. The molecular weight excluding hydrogens is 507 g/mol. The largest absolute Gasteiger partial charge is 0.493 e. The van der Waals surface area contributed by atoms with E-state index < -0.39 is 5.54 Å². The first kappa shape index (κ1) is 25.0. The Labute approximate surface area is 233 Å². The van der Waals surface area contributed by atoms with Crippen molar-refractivity contribution >= 4 is 29.0 Å². The van der Waals surface area contributed by atoms with Crippen LogP contribution in [0.15, 0.2) is 107 Å². The number of thiophene rings is 1. The number of fused-ring (bicyclic) bond motifs is 1. The van der Waals surface area contributed by atoms with Gasteiger partial charge in [0.1, 0.15) is 11.0 Å². The highest BCUT2D eigenvalue weighted by Crippen LogP contribution is 2.45. The van der Waals surface area contributed by atoms with E-state index in [9.17, 15) is 4.79 Å². The highest BCUT2D eigenvalue weighted by molar-refractivity contribution is 8.00. The Hall–Kier alpha value is -3.28. The van der Waals surface area contributed by atoms with Crippen LogP contribution in [0, 0.1) is 6.92 Å². The van der Waals surface area contributed by atoms with E-state index in [0.717, 1.165) is 46.8 Å². The predicted molar refractivity (Wildman–Crippen MR) is 157 cm³/mol. The van der Waals surface area contributed by atoms with Gasteiger partial charge in [-0.1, -0.05) is 72.8 Å². The van der Waals surface area contributed by atoms with Crippen molar-refractivity contribution in [2.24, 2.45) is 0 Å². The molecule has 3 heterocycles. The van der Waals surface area contributed by atoms with Gasteiger partial charge < -0.3 is 10.1 Å². The SMILES string of the molecule is C=C1CC(c2ccsc2)(c2cccc(CC3CCOc4ccccc43)c2)NC(=O)C1Sc1ccccc1C. The van der Waals surface area contributed by atoms with Crippen LogP contribution < -0.4 is 10.1 Å². The lowest BCUT2D eigenvalue weighted by Crippen LogP contribution is -2.54. The minimum Gasteiger partial charge on any atom is -0.493 e. The second-order valence-electron chi connectivity index (χ2n) is 10.3. The third-order valence-corrected chi connectivity index (χ3v) is 9.95. The van der Waals surface area contributed by atoms with E-state index in [1.165, 1.54) is 16.7 Å². The van der Waals surface area contributed by atoms with Crippen LogP contribution in [0.5, 0.6) is 5.75 Å². The average molecular weight is 538 g/mol. The zero-order valence-corrected chi connectivity index (χ0v) is 23.1. The van der Waals surface area contributed by atoms with Crippen molar-refractivity contribution in [1.82, 2.24) is 5.32 Å². The summed E-state index contributed by atoms with van der Waals surface area (Å²) in [6.07, 6.45) is 2.61. The lowest BCUT2D eigenvalue weighted by Gasteiger charge is -2.42. The molecule has 0 saturated carbocycles. The number of rotatable bonds is 6. The minimum atomic E-state index is -0.624. The Morgan fingerprint density at radius 1 is 1.05 bits per heavy atom. The van der Waals surface area contributed by atoms with Gasteiger partial charge in [0.2, 0.25) is 5.91 Å². The van der Waals surface area contributed by atoms with Gasteiger partial charge in [-0.15, -0.1) is 11.8 Å². The molecular formula is C33H31NO2S2. The summed E-state index contributed by atoms with van der Waals surface area (Å²) in [7, 11) is 0. The lowest BCUT2D eigenvalue weighted by atomic mass is 9.75. The molecule has 1 saturated heterocycles. The Bertz CT molecular complexity index is 1460. The van der Waals surface area contributed by atoms with Gasteiger partial charge in [0, 0.05) is 11.3 Å². The second-order valence-corrected chi connectivity index (χ2v) is 12.2. The molecule has 4 aromatic rings. The summed E-state index contributed by atoms with van der Waals surface area (Å²) in [6.45, 7) is 7.28. The molecule has 3 atom stereocenters. The number of ether oxygens (including phenoxy) is 1. The van der Waals surface area contributed by atoms with Crippen LogP contribution in [0.2, 0.25) is 0 Å². The number of aryl methyl sites for hydroxylation is 1. The van der Waals surface area contributed by atoms with E-state index in [1.54, 1.807) is 23.1 Å². The number of thioether (sulfide) groups is 1. The first-order valence-electron chi connectivity index (χ1n) is 13.1. The van der Waals surface area contributed by atoms with Gasteiger partial charge in [0.25, 0.3) is 0 Å². The van der Waals surface area contributed by atoms with E-state index in [1.807, 2.05) is 18.2 Å². The molecule has 2 aliphatic heterocycles. The molecule has 3 aromatic carbocycles. The Morgan fingerprint density at radius 3 is 2.71 bits per heavy atom. The number of carbonyl (C=O) groups is 1. The maximum absolute atomic E-state index is 13.7. The number of hydrogen-bond acceptors (Lipinski definition) is 4. The Balaban J connectivity index is 1.32. The number of carbonyl (C=O) groups excluding carboxylic acids is 1. The Morgan fingerprint density at radius 2 is 1.89 bits per heavy atom. The molecule has 0 radical (unpaired) electrons. The lowest BCUT2D eigenvalue weighted by molar-refractivity contribution is -0.122. The molecule has 0 bridgehead atoms. The summed E-state index contributed by atoms with van der Waals surface area (Å²) in [5.41, 5.74) is 6.29. The molecule has 1 amide bonds. The highest BCUT2D eigenvalue weighted by atomic mass is 32.2. The van der Waals surface area contributed by atoms with E-state index in [0.29, 0.717) is 12.3 Å². The van der Waals surface area contributed by atoms with Gasteiger partial charge in [0.05, 0.1) is 12.1 Å². The fourth-order valence-corrected chi connectivity index (χ4v) is 7.60. The molecule has 5 heteroatoms. The zero-order chi connectivity index (χ0) is 26.1. The highest BCUT2D eigenvalue weighted by Gasteiger charge is 2.45. The topological polar surface area (TPSA) is 38.3 Å². The van der Waals surface area contributed by atoms with Crippen LogP contribution in [0.4, 0.5) is 0 Å². The zero-order valence-electron chi connectivity index (χ0n) is 21.5. The van der Waals surface area contributed by atoms with Crippen molar-refractivity contribution in [2.75, 3.05) is 6.61 Å². The molecule has 38 heavy (non-hydrogen) atoms. The molecule has 3 nitrogen and oxygen atoms in total. The first-order chi connectivity index (χ1) is 18.5. The number of piperidine rings is 1. The number of nitrogens with one attached hydrogen (secondary N) is 1. The quantitative estimate of drug-likeness (QED) is 0.257. The maximum atomic E-state index is 13.7. The van der Waals surface area contributed by atoms with E-state index in [2.05, 4.69) is 90.2 Å². The molecule has 0 aliphatic carbocycles. The van der Waals surface area contributed by atoms with Crippen LogP contribution in [-0.4, -0.2) is 17.8 Å². The van der Waals surface area contributed by atoms with Gasteiger partial charge in [-0.3, -0.25) is 4.79 Å². The first-order valence-corrected chi connectivity index (χ1v) is 14.9. The van der Waals surface area contributed by atoms with Crippen molar-refractivity contribution in [1.29, 1.82) is 0 Å². The molecule has 192 valence electrons. The molecule has 2 aliphatic rings. The Kier molecular flexibility index (Phi) is 6.89. The third-order valence-electron chi connectivity index (χ3n) is 7.77. The molecule has 1 aromatic heterocycles. The molecule has 3 unspecified atom stereocenters. The van der Waals surface area contributed by atoms with Crippen molar-refractivity contribution in [3.05, 3.63) is 130 Å². The third kappa shape index (κ3) is 4.70. The smallest absolute Gasteiger partial charge is 0.238 e. The predicted octanol–water partition coefficient (Wildman–Crippen LogP) is 7.65. The van der Waals surface area contributed by atoms with Gasteiger partial charge >= 0.3 is 0 Å². The minimum absolute atomic E-state index is 0.0180. The number of para-hydroxylation sites is 1. The summed E-state index contributed by atoms with van der Waals surface area (Å²) in [6, 6.07) is 27.5. The van der Waals surface area contributed by atoms with Crippen molar-refractivity contribution in [3.63, 3.8) is 0 Å².